The van der Waals surface area contributed by atoms with E-state index in [4.69, 9.17) is 13.9 Å². The molecule has 4 atom stereocenters. The van der Waals surface area contributed by atoms with Crippen LogP contribution in [0.1, 0.15) is 67.2 Å². The van der Waals surface area contributed by atoms with E-state index in [2.05, 4.69) is 33.9 Å². The number of fused-ring (bicyclic) bond motifs is 1. The van der Waals surface area contributed by atoms with Crippen LogP contribution < -0.4 is 0 Å². The zero-order valence-electron chi connectivity index (χ0n) is 20.3. The maximum Gasteiger partial charge on any atom is 0.407 e. The van der Waals surface area contributed by atoms with Crippen LogP contribution in [-0.2, 0) is 13.9 Å². The van der Waals surface area contributed by atoms with Crippen LogP contribution >= 0.6 is 0 Å². The predicted octanol–water partition coefficient (Wildman–Crippen LogP) is 5.33. The van der Waals surface area contributed by atoms with Crippen molar-refractivity contribution in [3.8, 4) is 0 Å². The molecule has 0 aromatic heterocycles. The van der Waals surface area contributed by atoms with Gasteiger partial charge in [0.05, 0.1) is 13.2 Å². The normalized spacial score (nSPS) is 31.7. The molecule has 0 aromatic rings. The van der Waals surface area contributed by atoms with Gasteiger partial charge in [0, 0.05) is 30.5 Å². The molecule has 1 N–H and O–H groups in total. The second kappa shape index (κ2) is 8.05. The van der Waals surface area contributed by atoms with Crippen molar-refractivity contribution in [2.45, 2.75) is 103 Å². The van der Waals surface area contributed by atoms with E-state index in [-0.39, 0.29) is 17.0 Å². The topological polar surface area (TPSA) is 68.2 Å². The third kappa shape index (κ3) is 4.45. The average molecular weight is 442 g/mol. The van der Waals surface area contributed by atoms with E-state index in [1.165, 1.54) is 0 Å². The van der Waals surface area contributed by atoms with Crippen molar-refractivity contribution in [2.75, 3.05) is 19.8 Å². The van der Waals surface area contributed by atoms with Crippen LogP contribution in [0.25, 0.3) is 0 Å². The summed E-state index contributed by atoms with van der Waals surface area (Å²) in [5, 5.41) is 10.1. The van der Waals surface area contributed by atoms with Gasteiger partial charge in [0.25, 0.3) is 0 Å². The lowest BCUT2D eigenvalue weighted by Gasteiger charge is -2.45. The molecule has 1 unspecified atom stereocenters. The lowest BCUT2D eigenvalue weighted by atomic mass is 9.74. The van der Waals surface area contributed by atoms with Crippen LogP contribution in [0.5, 0.6) is 0 Å². The lowest BCUT2D eigenvalue weighted by Crippen LogP contribution is -2.54. The van der Waals surface area contributed by atoms with Gasteiger partial charge in [-0.1, -0.05) is 20.8 Å². The number of ether oxygens (including phenoxy) is 2. The van der Waals surface area contributed by atoms with Crippen LogP contribution in [0.15, 0.2) is 0 Å². The Balaban J connectivity index is 1.83. The molecule has 3 fully saturated rings. The van der Waals surface area contributed by atoms with E-state index in [9.17, 15) is 9.90 Å². The SMILES string of the molecule is CC(C)(C)N(C(=O)O)C1CC[C@H]2CC3(OCCO3)[C@@H](CO[Si](C)(C)C(C)(C)C)[C@@H]2C1. The molecule has 30 heavy (non-hydrogen) atoms. The van der Waals surface area contributed by atoms with Gasteiger partial charge in [0.2, 0.25) is 0 Å². The second-order valence-corrected chi connectivity index (χ2v) is 16.9. The summed E-state index contributed by atoms with van der Waals surface area (Å²) in [5.41, 5.74) is -0.410. The largest absolute Gasteiger partial charge is 0.465 e. The Labute approximate surface area is 183 Å². The molecular formula is C23H43NO5Si. The molecular weight excluding hydrogens is 398 g/mol. The molecule has 1 aliphatic heterocycles. The zero-order chi connectivity index (χ0) is 22.5. The molecule has 0 aromatic carbocycles. The van der Waals surface area contributed by atoms with Gasteiger partial charge in [0.1, 0.15) is 0 Å². The first-order valence-electron chi connectivity index (χ1n) is 11.6. The third-order valence-corrected chi connectivity index (χ3v) is 12.6. The van der Waals surface area contributed by atoms with Crippen molar-refractivity contribution in [3.05, 3.63) is 0 Å². The number of nitrogens with zero attached hydrogens (tertiary/aromatic N) is 1. The van der Waals surface area contributed by atoms with Gasteiger partial charge in [0.15, 0.2) is 14.1 Å². The fourth-order valence-electron chi connectivity index (χ4n) is 5.63. The number of carboxylic acid groups (broad SMARTS) is 1. The first-order chi connectivity index (χ1) is 13.7. The van der Waals surface area contributed by atoms with Crippen molar-refractivity contribution in [3.63, 3.8) is 0 Å². The molecule has 1 heterocycles. The Bertz CT molecular complexity index is 632. The van der Waals surface area contributed by atoms with E-state index >= 15 is 0 Å². The minimum absolute atomic E-state index is 0.0377. The van der Waals surface area contributed by atoms with Crippen LogP contribution in [-0.4, -0.2) is 61.6 Å². The molecule has 1 amide bonds. The van der Waals surface area contributed by atoms with Gasteiger partial charge in [-0.15, -0.1) is 0 Å². The van der Waals surface area contributed by atoms with E-state index in [1.54, 1.807) is 4.90 Å². The average Bonchev–Trinajstić information content (AvgIpc) is 3.15. The maximum absolute atomic E-state index is 12.1. The summed E-state index contributed by atoms with van der Waals surface area (Å²) < 4.78 is 19.2. The molecule has 0 radical (unpaired) electrons. The number of rotatable bonds is 4. The van der Waals surface area contributed by atoms with Crippen molar-refractivity contribution < 1.29 is 23.8 Å². The number of hydrogen-bond acceptors (Lipinski definition) is 4. The highest BCUT2D eigenvalue weighted by Gasteiger charge is 2.59. The molecule has 3 rings (SSSR count). The Morgan fingerprint density at radius 2 is 1.73 bits per heavy atom. The maximum atomic E-state index is 12.1. The molecule has 0 bridgehead atoms. The summed E-state index contributed by atoms with van der Waals surface area (Å²) in [7, 11) is -1.90. The quantitative estimate of drug-likeness (QED) is 0.597. The van der Waals surface area contributed by atoms with Crippen LogP contribution in [0.2, 0.25) is 18.1 Å². The zero-order valence-corrected chi connectivity index (χ0v) is 21.3. The van der Waals surface area contributed by atoms with Gasteiger partial charge >= 0.3 is 6.09 Å². The smallest absolute Gasteiger partial charge is 0.407 e. The first-order valence-corrected chi connectivity index (χ1v) is 14.5. The van der Waals surface area contributed by atoms with Crippen LogP contribution in [0, 0.1) is 17.8 Å². The Morgan fingerprint density at radius 3 is 2.23 bits per heavy atom. The monoisotopic (exact) mass is 441 g/mol. The molecule has 2 aliphatic carbocycles. The highest BCUT2D eigenvalue weighted by molar-refractivity contribution is 6.74. The van der Waals surface area contributed by atoms with Gasteiger partial charge in [-0.05, 0) is 70.0 Å². The van der Waals surface area contributed by atoms with Gasteiger partial charge < -0.3 is 23.9 Å². The van der Waals surface area contributed by atoms with Gasteiger partial charge in [-0.25, -0.2) is 4.79 Å². The van der Waals surface area contributed by atoms with Gasteiger partial charge in [-0.3, -0.25) is 0 Å². The van der Waals surface area contributed by atoms with Crippen LogP contribution in [0.4, 0.5) is 4.79 Å². The Morgan fingerprint density at radius 1 is 1.13 bits per heavy atom. The van der Waals surface area contributed by atoms with Crippen molar-refractivity contribution >= 4 is 14.4 Å². The van der Waals surface area contributed by atoms with Crippen molar-refractivity contribution in [1.82, 2.24) is 4.90 Å². The summed E-state index contributed by atoms with van der Waals surface area (Å²) in [6.07, 6.45) is 2.91. The van der Waals surface area contributed by atoms with E-state index in [0.717, 1.165) is 25.7 Å². The first kappa shape index (κ1) is 24.0. The highest BCUT2D eigenvalue weighted by atomic mass is 28.4. The summed E-state index contributed by atoms with van der Waals surface area (Å²) in [5.74, 6) is 0.513. The predicted molar refractivity (Wildman–Crippen MR) is 120 cm³/mol. The molecule has 7 heteroatoms. The third-order valence-electron chi connectivity index (χ3n) is 8.15. The molecule has 6 nitrogen and oxygen atoms in total. The van der Waals surface area contributed by atoms with Gasteiger partial charge in [-0.2, -0.15) is 0 Å². The van der Waals surface area contributed by atoms with E-state index in [0.29, 0.717) is 31.7 Å². The summed E-state index contributed by atoms with van der Waals surface area (Å²) in [6.45, 7) is 19.3. The van der Waals surface area contributed by atoms with Crippen molar-refractivity contribution in [1.29, 1.82) is 0 Å². The molecule has 174 valence electrons. The van der Waals surface area contributed by atoms with Crippen molar-refractivity contribution in [2.24, 2.45) is 17.8 Å². The van der Waals surface area contributed by atoms with E-state index in [1.807, 2.05) is 20.8 Å². The Kier molecular flexibility index (Phi) is 6.45. The highest BCUT2D eigenvalue weighted by Crippen LogP contribution is 2.55. The molecule has 3 aliphatic rings. The van der Waals surface area contributed by atoms with Crippen LogP contribution in [0.3, 0.4) is 0 Å². The molecule has 1 spiro atoms. The number of carbonyl (C=O) groups is 1. The molecule has 2 saturated carbocycles. The van der Waals surface area contributed by atoms with E-state index < -0.39 is 25.7 Å². The number of hydrogen-bond donors (Lipinski definition) is 1. The fraction of sp³-hybridized carbons (Fsp3) is 0.957. The summed E-state index contributed by atoms with van der Waals surface area (Å²) in [6, 6.07) is 0.0377. The fourth-order valence-corrected chi connectivity index (χ4v) is 6.66. The summed E-state index contributed by atoms with van der Waals surface area (Å²) >= 11 is 0. The lowest BCUT2D eigenvalue weighted by molar-refractivity contribution is -0.193. The minimum Gasteiger partial charge on any atom is -0.465 e. The standard InChI is InChI=1S/C23H43NO5Si/c1-21(2,3)24(20(25)26)17-10-9-16-14-23(27-11-12-28-23)19(18(16)13-17)15-29-30(7,8)22(4,5)6/h16-19H,9-15H2,1-8H3,(H,25,26)/t16-,17?,18+,19-/m0/s1. The Hall–Kier alpha value is -0.633. The minimum atomic E-state index is -1.90. The number of amides is 1. The second-order valence-electron chi connectivity index (χ2n) is 12.1. The molecule has 1 saturated heterocycles. The summed E-state index contributed by atoms with van der Waals surface area (Å²) in [4.78, 5) is 13.8.